The van der Waals surface area contributed by atoms with Gasteiger partial charge in [-0.3, -0.25) is 5.21 Å². The van der Waals surface area contributed by atoms with Gasteiger partial charge in [-0.05, 0) is 52.0 Å². The van der Waals surface area contributed by atoms with Gasteiger partial charge in [0.15, 0.2) is 0 Å². The highest BCUT2D eigenvalue weighted by molar-refractivity contribution is 5.89. The molecule has 1 aromatic carbocycles. The van der Waals surface area contributed by atoms with Gasteiger partial charge < -0.3 is 4.74 Å². The van der Waals surface area contributed by atoms with E-state index in [0.717, 1.165) is 0 Å². The highest BCUT2D eigenvalue weighted by Gasteiger charge is 2.16. The Kier molecular flexibility index (Phi) is 4.69. The standard InChI is InChI=1S/C13H19NO4/c1-5-17-12(15)10-6-8-11(9-7-10)14(16)18-13(2,3)4/h6-9,16H,5H2,1-4H3. The van der Waals surface area contributed by atoms with Crippen molar-refractivity contribution >= 4 is 11.7 Å². The van der Waals surface area contributed by atoms with Crippen LogP contribution >= 0.6 is 0 Å². The van der Waals surface area contributed by atoms with E-state index in [4.69, 9.17) is 9.57 Å². The molecule has 1 aromatic rings. The van der Waals surface area contributed by atoms with Gasteiger partial charge in [-0.1, -0.05) is 0 Å². The topological polar surface area (TPSA) is 59.0 Å². The van der Waals surface area contributed by atoms with Crippen LogP contribution in [0, 0.1) is 0 Å². The number of hydrogen-bond acceptors (Lipinski definition) is 5. The summed E-state index contributed by atoms with van der Waals surface area (Å²) >= 11 is 0. The maximum absolute atomic E-state index is 11.4. The third kappa shape index (κ3) is 4.35. The smallest absolute Gasteiger partial charge is 0.338 e. The summed E-state index contributed by atoms with van der Waals surface area (Å²) in [5.41, 5.74) is 0.372. The Morgan fingerprint density at radius 1 is 1.28 bits per heavy atom. The quantitative estimate of drug-likeness (QED) is 0.660. The van der Waals surface area contributed by atoms with Crippen LogP contribution in [-0.4, -0.2) is 23.4 Å². The van der Waals surface area contributed by atoms with Crippen LogP contribution in [0.4, 0.5) is 5.69 Å². The molecule has 0 aliphatic heterocycles. The van der Waals surface area contributed by atoms with Crippen molar-refractivity contribution in [1.29, 1.82) is 0 Å². The molecule has 0 aliphatic carbocycles. The molecule has 0 amide bonds. The van der Waals surface area contributed by atoms with Crippen LogP contribution in [0.5, 0.6) is 0 Å². The molecule has 0 aliphatic rings. The van der Waals surface area contributed by atoms with Crippen molar-refractivity contribution in [1.82, 2.24) is 0 Å². The number of ether oxygens (including phenoxy) is 1. The largest absolute Gasteiger partial charge is 0.462 e. The Hall–Kier alpha value is -1.59. The van der Waals surface area contributed by atoms with Gasteiger partial charge in [-0.25, -0.2) is 9.63 Å². The van der Waals surface area contributed by atoms with Gasteiger partial charge >= 0.3 is 5.97 Å². The second kappa shape index (κ2) is 5.84. The van der Waals surface area contributed by atoms with Gasteiger partial charge in [0.25, 0.3) is 0 Å². The molecule has 0 atom stereocenters. The van der Waals surface area contributed by atoms with E-state index in [1.54, 1.807) is 31.2 Å². The monoisotopic (exact) mass is 253 g/mol. The molecule has 0 saturated heterocycles. The van der Waals surface area contributed by atoms with E-state index in [2.05, 4.69) is 0 Å². The summed E-state index contributed by atoms with van der Waals surface area (Å²) in [7, 11) is 0. The molecule has 18 heavy (non-hydrogen) atoms. The Labute approximate surface area is 107 Å². The molecule has 0 spiro atoms. The van der Waals surface area contributed by atoms with Crippen molar-refractivity contribution in [3.8, 4) is 0 Å². The summed E-state index contributed by atoms with van der Waals surface area (Å²) in [6, 6.07) is 6.31. The zero-order valence-electron chi connectivity index (χ0n) is 11.1. The fraction of sp³-hybridized carbons (Fsp3) is 0.462. The van der Waals surface area contributed by atoms with Gasteiger partial charge in [0.2, 0.25) is 0 Å². The lowest BCUT2D eigenvalue weighted by Gasteiger charge is -2.25. The van der Waals surface area contributed by atoms with Gasteiger partial charge in [0.05, 0.1) is 23.5 Å². The van der Waals surface area contributed by atoms with Crippen molar-refractivity contribution in [2.75, 3.05) is 11.8 Å². The van der Waals surface area contributed by atoms with Gasteiger partial charge in [-0.2, -0.15) is 0 Å². The third-order valence-corrected chi connectivity index (χ3v) is 1.96. The number of benzene rings is 1. The van der Waals surface area contributed by atoms with Crippen LogP contribution in [0.3, 0.4) is 0 Å². The SMILES string of the molecule is CCOC(=O)c1ccc(N(O)OC(C)(C)C)cc1. The number of rotatable bonds is 4. The minimum absolute atomic E-state index is 0.333. The molecule has 100 valence electrons. The van der Waals surface area contributed by atoms with Gasteiger partial charge in [-0.15, -0.1) is 5.23 Å². The predicted octanol–water partition coefficient (Wildman–Crippen LogP) is 2.79. The molecule has 5 nitrogen and oxygen atoms in total. The molecular formula is C13H19NO4. The maximum atomic E-state index is 11.4. The Balaban J connectivity index is 2.73. The van der Waals surface area contributed by atoms with E-state index in [0.29, 0.717) is 23.1 Å². The van der Waals surface area contributed by atoms with E-state index < -0.39 is 5.60 Å². The Bertz CT molecular complexity index is 394. The summed E-state index contributed by atoms with van der Waals surface area (Å²) < 4.78 is 4.86. The van der Waals surface area contributed by atoms with Gasteiger partial charge in [0, 0.05) is 0 Å². The number of esters is 1. The van der Waals surface area contributed by atoms with Gasteiger partial charge in [0.1, 0.15) is 0 Å². The van der Waals surface area contributed by atoms with Crippen molar-refractivity contribution in [2.24, 2.45) is 0 Å². The van der Waals surface area contributed by atoms with Crippen LogP contribution in [0.1, 0.15) is 38.1 Å². The van der Waals surface area contributed by atoms with E-state index in [-0.39, 0.29) is 5.97 Å². The normalized spacial score (nSPS) is 11.2. The number of anilines is 1. The molecule has 0 heterocycles. The molecule has 5 heteroatoms. The van der Waals surface area contributed by atoms with E-state index >= 15 is 0 Å². The highest BCUT2D eigenvalue weighted by Crippen LogP contribution is 2.18. The minimum atomic E-state index is -0.505. The lowest BCUT2D eigenvalue weighted by molar-refractivity contribution is -0.119. The van der Waals surface area contributed by atoms with Crippen molar-refractivity contribution in [3.63, 3.8) is 0 Å². The first-order chi connectivity index (χ1) is 8.33. The van der Waals surface area contributed by atoms with Crippen LogP contribution in [-0.2, 0) is 9.57 Å². The predicted molar refractivity (Wildman–Crippen MR) is 67.5 cm³/mol. The average Bonchev–Trinajstić information content (AvgIpc) is 2.27. The number of carbonyl (C=O) groups is 1. The molecule has 0 radical (unpaired) electrons. The highest BCUT2D eigenvalue weighted by atomic mass is 16.9. The van der Waals surface area contributed by atoms with Crippen molar-refractivity contribution < 1.29 is 19.6 Å². The summed E-state index contributed by atoms with van der Waals surface area (Å²) in [5.74, 6) is -0.384. The molecule has 0 saturated carbocycles. The zero-order valence-corrected chi connectivity index (χ0v) is 11.1. The zero-order chi connectivity index (χ0) is 13.8. The lowest BCUT2D eigenvalue weighted by atomic mass is 10.2. The summed E-state index contributed by atoms with van der Waals surface area (Å²) in [6.07, 6.45) is 0. The molecular weight excluding hydrogens is 234 g/mol. The second-order valence-electron chi connectivity index (χ2n) is 4.74. The maximum Gasteiger partial charge on any atom is 0.338 e. The lowest BCUT2D eigenvalue weighted by Crippen LogP contribution is -2.31. The van der Waals surface area contributed by atoms with E-state index in [9.17, 15) is 10.0 Å². The Morgan fingerprint density at radius 3 is 2.28 bits per heavy atom. The Morgan fingerprint density at radius 2 is 1.83 bits per heavy atom. The molecule has 0 bridgehead atoms. The summed E-state index contributed by atoms with van der Waals surface area (Å²) in [6.45, 7) is 7.55. The minimum Gasteiger partial charge on any atom is -0.462 e. The van der Waals surface area contributed by atoms with Crippen molar-refractivity contribution in [3.05, 3.63) is 29.8 Å². The fourth-order valence-corrected chi connectivity index (χ4v) is 1.25. The average molecular weight is 253 g/mol. The second-order valence-corrected chi connectivity index (χ2v) is 4.74. The molecule has 0 unspecified atom stereocenters. The van der Waals surface area contributed by atoms with E-state index in [1.807, 2.05) is 20.8 Å². The molecule has 1 N–H and O–H groups in total. The number of carbonyl (C=O) groups excluding carboxylic acids is 1. The molecule has 0 aromatic heterocycles. The van der Waals surface area contributed by atoms with Crippen LogP contribution < -0.4 is 5.23 Å². The number of nitrogens with zero attached hydrogens (tertiary/aromatic N) is 1. The first kappa shape index (κ1) is 14.5. The molecule has 1 rings (SSSR count). The van der Waals surface area contributed by atoms with E-state index in [1.165, 1.54) is 0 Å². The first-order valence-corrected chi connectivity index (χ1v) is 5.79. The third-order valence-electron chi connectivity index (χ3n) is 1.96. The number of hydrogen-bond donors (Lipinski definition) is 1. The van der Waals surface area contributed by atoms with Crippen LogP contribution in [0.25, 0.3) is 0 Å². The molecule has 0 fully saturated rings. The summed E-state index contributed by atoms with van der Waals surface area (Å²) in [4.78, 5) is 16.7. The summed E-state index contributed by atoms with van der Waals surface area (Å²) in [5, 5.41) is 10.4. The first-order valence-electron chi connectivity index (χ1n) is 5.79. The van der Waals surface area contributed by atoms with Crippen LogP contribution in [0.15, 0.2) is 24.3 Å². The fourth-order valence-electron chi connectivity index (χ4n) is 1.25. The van der Waals surface area contributed by atoms with Crippen molar-refractivity contribution in [2.45, 2.75) is 33.3 Å². The van der Waals surface area contributed by atoms with Crippen LogP contribution in [0.2, 0.25) is 0 Å².